The number of carbonyl (C=O) groups is 1. The molecular weight excluding hydrogens is 372 g/mol. The number of rotatable bonds is 6. The molecule has 0 aliphatic carbocycles. The van der Waals surface area contributed by atoms with Crippen LogP contribution in [0.3, 0.4) is 0 Å². The minimum atomic E-state index is -0.241. The van der Waals surface area contributed by atoms with E-state index in [2.05, 4.69) is 31.4 Å². The predicted molar refractivity (Wildman–Crippen MR) is 96.3 cm³/mol. The fourth-order valence-electron chi connectivity index (χ4n) is 2.20. The van der Waals surface area contributed by atoms with Crippen LogP contribution in [0.4, 0.5) is 0 Å². The van der Waals surface area contributed by atoms with Crippen LogP contribution < -0.4 is 5.32 Å². The third kappa shape index (κ3) is 5.72. The second-order valence-corrected chi connectivity index (χ2v) is 7.54. The summed E-state index contributed by atoms with van der Waals surface area (Å²) in [5.74, 6) is 1.02. The van der Waals surface area contributed by atoms with Gasteiger partial charge in [0.15, 0.2) is 0 Å². The van der Waals surface area contributed by atoms with E-state index in [0.29, 0.717) is 31.3 Å². The Labute approximate surface area is 150 Å². The summed E-state index contributed by atoms with van der Waals surface area (Å²) in [6.45, 7) is 9.33. The lowest BCUT2D eigenvalue weighted by Crippen LogP contribution is -2.45. The highest BCUT2D eigenvalue weighted by Crippen LogP contribution is 2.20. The molecule has 2 aromatic rings. The molecule has 130 valence electrons. The maximum Gasteiger partial charge on any atom is 0.241 e. The van der Waals surface area contributed by atoms with E-state index in [1.807, 2.05) is 56.9 Å². The summed E-state index contributed by atoms with van der Waals surface area (Å²) < 4.78 is 6.28. The minimum absolute atomic E-state index is 0.0175. The van der Waals surface area contributed by atoms with Gasteiger partial charge in [0.25, 0.3) is 0 Å². The fourth-order valence-corrected chi connectivity index (χ4v) is 2.59. The van der Waals surface area contributed by atoms with E-state index in [4.69, 9.17) is 4.52 Å². The Morgan fingerprint density at radius 1 is 1.38 bits per heavy atom. The van der Waals surface area contributed by atoms with Crippen LogP contribution in [-0.4, -0.2) is 39.6 Å². The van der Waals surface area contributed by atoms with Crippen LogP contribution in [0, 0.1) is 0 Å². The number of aromatic nitrogens is 2. The van der Waals surface area contributed by atoms with Crippen molar-refractivity contribution >= 4 is 21.8 Å². The Bertz CT molecular complexity index is 694. The zero-order valence-electron chi connectivity index (χ0n) is 14.5. The van der Waals surface area contributed by atoms with Crippen molar-refractivity contribution in [2.45, 2.75) is 39.8 Å². The van der Waals surface area contributed by atoms with E-state index in [1.165, 1.54) is 0 Å². The maximum absolute atomic E-state index is 12.1. The molecule has 1 amide bonds. The van der Waals surface area contributed by atoms with Gasteiger partial charge in [-0.15, -0.1) is 0 Å². The summed E-state index contributed by atoms with van der Waals surface area (Å²) >= 11 is 3.43. The van der Waals surface area contributed by atoms with Gasteiger partial charge in [0.1, 0.15) is 0 Å². The Morgan fingerprint density at radius 3 is 2.75 bits per heavy atom. The van der Waals surface area contributed by atoms with E-state index >= 15 is 0 Å². The number of amides is 1. The van der Waals surface area contributed by atoms with E-state index in [9.17, 15) is 4.79 Å². The van der Waals surface area contributed by atoms with Gasteiger partial charge < -0.3 is 9.84 Å². The fraction of sp³-hybridized carbons (Fsp3) is 0.471. The zero-order valence-corrected chi connectivity index (χ0v) is 16.1. The smallest absolute Gasteiger partial charge is 0.241 e. The van der Waals surface area contributed by atoms with Crippen LogP contribution in [0.2, 0.25) is 0 Å². The summed E-state index contributed by atoms with van der Waals surface area (Å²) in [6, 6.07) is 7.72. The number of carbonyl (C=O) groups excluding carboxylic acids is 1. The van der Waals surface area contributed by atoms with Gasteiger partial charge in [-0.05, 0) is 39.4 Å². The van der Waals surface area contributed by atoms with Crippen LogP contribution in [-0.2, 0) is 11.3 Å². The highest BCUT2D eigenvalue weighted by molar-refractivity contribution is 9.10. The summed E-state index contributed by atoms with van der Waals surface area (Å²) in [6.07, 6.45) is 0. The lowest BCUT2D eigenvalue weighted by molar-refractivity contribution is -0.123. The Hall–Kier alpha value is -1.73. The van der Waals surface area contributed by atoms with Crippen LogP contribution in [0.15, 0.2) is 33.3 Å². The first-order valence-corrected chi connectivity index (χ1v) is 8.68. The number of hydrogen-bond donors (Lipinski definition) is 1. The van der Waals surface area contributed by atoms with E-state index in [1.54, 1.807) is 0 Å². The number of halogens is 1. The van der Waals surface area contributed by atoms with Crippen molar-refractivity contribution in [3.05, 3.63) is 34.6 Å². The van der Waals surface area contributed by atoms with Gasteiger partial charge in [0, 0.05) is 15.6 Å². The first kappa shape index (κ1) is 18.6. The highest BCUT2D eigenvalue weighted by Gasteiger charge is 2.18. The summed E-state index contributed by atoms with van der Waals surface area (Å²) in [7, 11) is 0. The molecule has 0 atom stereocenters. The number of benzene rings is 1. The zero-order chi connectivity index (χ0) is 17.7. The lowest BCUT2D eigenvalue weighted by Gasteiger charge is -2.23. The van der Waals surface area contributed by atoms with Crippen molar-refractivity contribution in [3.8, 4) is 11.4 Å². The average molecular weight is 395 g/mol. The van der Waals surface area contributed by atoms with Crippen molar-refractivity contribution in [1.29, 1.82) is 0 Å². The number of nitrogens with one attached hydrogen (secondary N) is 1. The lowest BCUT2D eigenvalue weighted by atomic mass is 10.1. The molecule has 0 saturated carbocycles. The Kier molecular flexibility index (Phi) is 6.12. The standard InChI is InChI=1S/C17H23BrN4O2/c1-5-22(10-14(23)20-17(2,3)4)11-15-19-16(21-24-15)12-7-6-8-13(18)9-12/h6-9H,5,10-11H2,1-4H3,(H,20,23). The quantitative estimate of drug-likeness (QED) is 0.813. The van der Waals surface area contributed by atoms with Crippen LogP contribution in [0.25, 0.3) is 11.4 Å². The third-order valence-corrected chi connectivity index (χ3v) is 3.73. The topological polar surface area (TPSA) is 71.3 Å². The van der Waals surface area contributed by atoms with Gasteiger partial charge >= 0.3 is 0 Å². The van der Waals surface area contributed by atoms with E-state index in [-0.39, 0.29) is 11.4 Å². The summed E-state index contributed by atoms with van der Waals surface area (Å²) in [4.78, 5) is 18.4. The molecule has 1 N–H and O–H groups in total. The van der Waals surface area contributed by atoms with Crippen LogP contribution in [0.1, 0.15) is 33.6 Å². The summed E-state index contributed by atoms with van der Waals surface area (Å²) in [5, 5.41) is 6.97. The van der Waals surface area contributed by atoms with E-state index in [0.717, 1.165) is 10.0 Å². The number of nitrogens with zero attached hydrogens (tertiary/aromatic N) is 3. The van der Waals surface area contributed by atoms with E-state index < -0.39 is 0 Å². The largest absolute Gasteiger partial charge is 0.350 e. The van der Waals surface area contributed by atoms with Crippen molar-refractivity contribution in [2.24, 2.45) is 0 Å². The monoisotopic (exact) mass is 394 g/mol. The second-order valence-electron chi connectivity index (χ2n) is 6.62. The number of hydrogen-bond acceptors (Lipinski definition) is 5. The average Bonchev–Trinajstić information content (AvgIpc) is 2.93. The molecule has 0 spiro atoms. The molecule has 1 heterocycles. The normalized spacial score (nSPS) is 11.8. The van der Waals surface area contributed by atoms with Crippen molar-refractivity contribution in [1.82, 2.24) is 20.4 Å². The summed E-state index contributed by atoms with van der Waals surface area (Å²) in [5.41, 5.74) is 0.641. The molecule has 0 unspecified atom stereocenters. The molecule has 7 heteroatoms. The van der Waals surface area contributed by atoms with Gasteiger partial charge in [-0.25, -0.2) is 0 Å². The molecule has 0 aliphatic heterocycles. The third-order valence-electron chi connectivity index (χ3n) is 3.24. The molecule has 2 rings (SSSR count). The molecule has 6 nitrogen and oxygen atoms in total. The van der Waals surface area contributed by atoms with Crippen LogP contribution >= 0.6 is 15.9 Å². The molecule has 0 saturated heterocycles. The highest BCUT2D eigenvalue weighted by atomic mass is 79.9. The van der Waals surface area contributed by atoms with Crippen molar-refractivity contribution in [3.63, 3.8) is 0 Å². The van der Waals surface area contributed by atoms with Gasteiger partial charge in [0.05, 0.1) is 13.1 Å². The SMILES string of the molecule is CCN(CC(=O)NC(C)(C)C)Cc1nc(-c2cccc(Br)c2)no1. The molecule has 24 heavy (non-hydrogen) atoms. The molecule has 0 aliphatic rings. The van der Waals surface area contributed by atoms with Gasteiger partial charge in [-0.1, -0.05) is 40.1 Å². The van der Waals surface area contributed by atoms with Crippen molar-refractivity contribution in [2.75, 3.05) is 13.1 Å². The van der Waals surface area contributed by atoms with Gasteiger partial charge in [-0.2, -0.15) is 4.98 Å². The number of likely N-dealkylation sites (N-methyl/N-ethyl adjacent to an activating group) is 1. The molecular formula is C17H23BrN4O2. The van der Waals surface area contributed by atoms with Gasteiger partial charge in [0.2, 0.25) is 17.6 Å². The Balaban J connectivity index is 2.00. The Morgan fingerprint density at radius 2 is 2.12 bits per heavy atom. The predicted octanol–water partition coefficient (Wildman–Crippen LogP) is 3.24. The second kappa shape index (κ2) is 7.90. The first-order chi connectivity index (χ1) is 11.3. The van der Waals surface area contributed by atoms with Crippen molar-refractivity contribution < 1.29 is 9.32 Å². The molecule has 0 fully saturated rings. The van der Waals surface area contributed by atoms with Gasteiger partial charge in [-0.3, -0.25) is 9.69 Å². The molecule has 1 aromatic heterocycles. The molecule has 0 bridgehead atoms. The maximum atomic E-state index is 12.1. The molecule has 1 aromatic carbocycles. The minimum Gasteiger partial charge on any atom is -0.350 e. The molecule has 0 radical (unpaired) electrons. The first-order valence-electron chi connectivity index (χ1n) is 7.88. The van der Waals surface area contributed by atoms with Crippen LogP contribution in [0.5, 0.6) is 0 Å².